The van der Waals surface area contributed by atoms with Gasteiger partial charge in [-0.25, -0.2) is 0 Å². The average molecular weight is 338 g/mol. The first-order chi connectivity index (χ1) is 9.11. The topological polar surface area (TPSA) is 9.23 Å². The predicted molar refractivity (Wildman–Crippen MR) is 84.8 cm³/mol. The first-order valence-electron chi connectivity index (χ1n) is 5.90. The van der Waals surface area contributed by atoms with Crippen molar-refractivity contribution in [3.63, 3.8) is 0 Å². The molecule has 98 valence electrons. The van der Waals surface area contributed by atoms with E-state index in [0.717, 1.165) is 31.9 Å². The second-order valence-corrected chi connectivity index (χ2v) is 5.48. The summed E-state index contributed by atoms with van der Waals surface area (Å²) in [7, 11) is 0. The minimum absolute atomic E-state index is 0.503. The van der Waals surface area contributed by atoms with Crippen molar-refractivity contribution in [1.82, 2.24) is 0 Å². The summed E-state index contributed by atoms with van der Waals surface area (Å²) in [5, 5.41) is 0.725. The van der Waals surface area contributed by atoms with E-state index in [1.165, 1.54) is 0 Å². The van der Waals surface area contributed by atoms with E-state index < -0.39 is 0 Å². The molecular formula is C16H14BrClO. The highest BCUT2D eigenvalue weighted by Gasteiger charge is 2.06. The van der Waals surface area contributed by atoms with Crippen LogP contribution in [0.3, 0.4) is 0 Å². The lowest BCUT2D eigenvalue weighted by Gasteiger charge is -2.12. The molecule has 0 saturated carbocycles. The Morgan fingerprint density at radius 1 is 1.32 bits per heavy atom. The van der Waals surface area contributed by atoms with Crippen molar-refractivity contribution < 1.29 is 4.74 Å². The first-order valence-corrected chi connectivity index (χ1v) is 7.07. The third-order valence-electron chi connectivity index (χ3n) is 2.85. The van der Waals surface area contributed by atoms with Crippen molar-refractivity contribution in [2.24, 2.45) is 0 Å². The quantitative estimate of drug-likeness (QED) is 0.702. The smallest absolute Gasteiger partial charge is 0.127 e. The molecule has 1 nitrogen and oxygen atoms in total. The van der Waals surface area contributed by atoms with E-state index >= 15 is 0 Å². The van der Waals surface area contributed by atoms with Crippen molar-refractivity contribution in [2.75, 3.05) is 0 Å². The summed E-state index contributed by atoms with van der Waals surface area (Å²) in [4.78, 5) is 0. The molecule has 0 bridgehead atoms. The van der Waals surface area contributed by atoms with Crippen LogP contribution in [0.25, 0.3) is 6.08 Å². The summed E-state index contributed by atoms with van der Waals surface area (Å²) in [6.07, 6.45) is 1.75. The first kappa shape index (κ1) is 14.2. The molecule has 0 unspecified atom stereocenters. The molecule has 0 N–H and O–H groups in total. The SMILES string of the molecule is C=Cc1cc(Cl)c(C)cc1OCc1ccccc1Br. The lowest BCUT2D eigenvalue weighted by molar-refractivity contribution is 0.304. The second kappa shape index (κ2) is 6.27. The predicted octanol–water partition coefficient (Wildman–Crippen LogP) is 5.63. The maximum Gasteiger partial charge on any atom is 0.127 e. The van der Waals surface area contributed by atoms with E-state index in [1.54, 1.807) is 6.08 Å². The summed E-state index contributed by atoms with van der Waals surface area (Å²) < 4.78 is 6.91. The lowest BCUT2D eigenvalue weighted by atomic mass is 10.1. The molecule has 19 heavy (non-hydrogen) atoms. The van der Waals surface area contributed by atoms with Gasteiger partial charge in [-0.1, -0.05) is 58.4 Å². The fourth-order valence-electron chi connectivity index (χ4n) is 1.73. The monoisotopic (exact) mass is 336 g/mol. The molecule has 0 atom stereocenters. The summed E-state index contributed by atoms with van der Waals surface area (Å²) in [5.74, 6) is 0.799. The van der Waals surface area contributed by atoms with Crippen LogP contribution in [-0.2, 0) is 6.61 Å². The molecule has 3 heteroatoms. The average Bonchev–Trinajstić information content (AvgIpc) is 2.41. The molecule has 0 aliphatic heterocycles. The molecule has 2 rings (SSSR count). The van der Waals surface area contributed by atoms with Gasteiger partial charge in [-0.15, -0.1) is 0 Å². The van der Waals surface area contributed by atoms with Gasteiger partial charge in [0.2, 0.25) is 0 Å². The Morgan fingerprint density at radius 3 is 2.74 bits per heavy atom. The summed E-state index contributed by atoms with van der Waals surface area (Å²) in [5.41, 5.74) is 3.00. The molecule has 0 aromatic heterocycles. The van der Waals surface area contributed by atoms with Crippen LogP contribution in [0.15, 0.2) is 47.4 Å². The van der Waals surface area contributed by atoms with Gasteiger partial charge in [0.1, 0.15) is 12.4 Å². The van der Waals surface area contributed by atoms with Crippen LogP contribution in [0.5, 0.6) is 5.75 Å². The maximum absolute atomic E-state index is 6.10. The van der Waals surface area contributed by atoms with E-state index in [9.17, 15) is 0 Å². The van der Waals surface area contributed by atoms with Gasteiger partial charge in [-0.3, -0.25) is 0 Å². The van der Waals surface area contributed by atoms with E-state index in [4.69, 9.17) is 16.3 Å². The summed E-state index contributed by atoms with van der Waals surface area (Å²) in [6, 6.07) is 11.8. The van der Waals surface area contributed by atoms with Crippen molar-refractivity contribution >= 4 is 33.6 Å². The molecule has 0 radical (unpaired) electrons. The molecule has 2 aromatic rings. The normalized spacial score (nSPS) is 10.3. The highest BCUT2D eigenvalue weighted by molar-refractivity contribution is 9.10. The Balaban J connectivity index is 2.22. The number of halogens is 2. The van der Waals surface area contributed by atoms with Crippen LogP contribution in [0.1, 0.15) is 16.7 Å². The highest BCUT2D eigenvalue weighted by Crippen LogP contribution is 2.28. The van der Waals surface area contributed by atoms with Crippen LogP contribution in [0, 0.1) is 6.92 Å². The van der Waals surface area contributed by atoms with Gasteiger partial charge in [-0.2, -0.15) is 0 Å². The van der Waals surface area contributed by atoms with Crippen LogP contribution < -0.4 is 4.74 Å². The van der Waals surface area contributed by atoms with Gasteiger partial charge in [-0.05, 0) is 30.7 Å². The summed E-state index contributed by atoms with van der Waals surface area (Å²) >= 11 is 9.61. The Bertz CT molecular complexity index is 608. The third-order valence-corrected chi connectivity index (χ3v) is 4.03. The molecule has 0 spiro atoms. The largest absolute Gasteiger partial charge is 0.488 e. The van der Waals surface area contributed by atoms with Gasteiger partial charge in [0.05, 0.1) is 0 Å². The fourth-order valence-corrected chi connectivity index (χ4v) is 2.30. The maximum atomic E-state index is 6.10. The molecular weight excluding hydrogens is 324 g/mol. The van der Waals surface area contributed by atoms with Crippen molar-refractivity contribution in [3.8, 4) is 5.75 Å². The van der Waals surface area contributed by atoms with Gasteiger partial charge in [0.15, 0.2) is 0 Å². The Hall–Kier alpha value is -1.25. The number of ether oxygens (including phenoxy) is 1. The van der Waals surface area contributed by atoms with E-state index in [0.29, 0.717) is 6.61 Å². The second-order valence-electron chi connectivity index (χ2n) is 4.22. The van der Waals surface area contributed by atoms with Gasteiger partial charge in [0.25, 0.3) is 0 Å². The van der Waals surface area contributed by atoms with Crippen LogP contribution in [0.4, 0.5) is 0 Å². The van der Waals surface area contributed by atoms with Crippen molar-refractivity contribution in [3.05, 3.63) is 69.2 Å². The minimum atomic E-state index is 0.503. The number of hydrogen-bond donors (Lipinski definition) is 0. The van der Waals surface area contributed by atoms with Crippen LogP contribution >= 0.6 is 27.5 Å². The van der Waals surface area contributed by atoms with E-state index in [1.807, 2.05) is 43.3 Å². The fraction of sp³-hybridized carbons (Fsp3) is 0.125. The van der Waals surface area contributed by atoms with Crippen LogP contribution in [0.2, 0.25) is 5.02 Å². The molecule has 0 aliphatic rings. The van der Waals surface area contributed by atoms with Gasteiger partial charge in [0, 0.05) is 20.6 Å². The van der Waals surface area contributed by atoms with Crippen LogP contribution in [-0.4, -0.2) is 0 Å². The lowest BCUT2D eigenvalue weighted by Crippen LogP contribution is -1.98. The highest BCUT2D eigenvalue weighted by atomic mass is 79.9. The molecule has 0 heterocycles. The van der Waals surface area contributed by atoms with E-state index in [2.05, 4.69) is 22.5 Å². The van der Waals surface area contributed by atoms with Gasteiger partial charge < -0.3 is 4.74 Å². The number of hydrogen-bond acceptors (Lipinski definition) is 1. The molecule has 0 saturated heterocycles. The van der Waals surface area contributed by atoms with Gasteiger partial charge >= 0.3 is 0 Å². The van der Waals surface area contributed by atoms with E-state index in [-0.39, 0.29) is 0 Å². The number of aryl methyl sites for hydroxylation is 1. The zero-order valence-electron chi connectivity index (χ0n) is 10.6. The van der Waals surface area contributed by atoms with Crippen molar-refractivity contribution in [2.45, 2.75) is 13.5 Å². The summed E-state index contributed by atoms with van der Waals surface area (Å²) in [6.45, 7) is 6.25. The Kier molecular flexibility index (Phi) is 4.67. The minimum Gasteiger partial charge on any atom is -0.488 e. The molecule has 0 fully saturated rings. The standard InChI is InChI=1S/C16H14BrClO/c1-3-12-9-15(18)11(2)8-16(12)19-10-13-6-4-5-7-14(13)17/h3-9H,1,10H2,2H3. The zero-order valence-corrected chi connectivity index (χ0v) is 13.0. The number of benzene rings is 2. The Labute approximate surface area is 127 Å². The molecule has 0 aliphatic carbocycles. The zero-order chi connectivity index (χ0) is 13.8. The number of rotatable bonds is 4. The van der Waals surface area contributed by atoms with Crippen molar-refractivity contribution in [1.29, 1.82) is 0 Å². The molecule has 2 aromatic carbocycles. The third kappa shape index (κ3) is 3.40. The Morgan fingerprint density at radius 2 is 2.05 bits per heavy atom. The molecule has 0 amide bonds.